The van der Waals surface area contributed by atoms with Gasteiger partial charge in [0.05, 0.1) is 18.3 Å². The summed E-state index contributed by atoms with van der Waals surface area (Å²) in [5, 5.41) is 4.38. The molecule has 160 valence electrons. The van der Waals surface area contributed by atoms with Crippen molar-refractivity contribution in [3.05, 3.63) is 76.8 Å². The van der Waals surface area contributed by atoms with Crippen LogP contribution >= 0.6 is 23.8 Å². The van der Waals surface area contributed by atoms with E-state index in [1.54, 1.807) is 18.0 Å². The molecule has 31 heavy (non-hydrogen) atoms. The number of pyridine rings is 1. The van der Waals surface area contributed by atoms with Crippen LogP contribution in [0.15, 0.2) is 59.1 Å². The van der Waals surface area contributed by atoms with Crippen molar-refractivity contribution in [2.24, 2.45) is 0 Å². The summed E-state index contributed by atoms with van der Waals surface area (Å²) < 4.78 is 11.4. The third kappa shape index (κ3) is 4.43. The van der Waals surface area contributed by atoms with E-state index >= 15 is 0 Å². The standard InChI is InChI=1S/C23H22ClN3O3S/c1-3-29-20(28)13-27-22(21(26-23(27)31)17-6-4-5-11-25-17)19-10-9-18(30-19)16-12-15(24)8-7-14(16)2/h4-12,21-22H,3,13H2,1-2H3,(H,26,31). The highest BCUT2D eigenvalue weighted by molar-refractivity contribution is 7.80. The predicted molar refractivity (Wildman–Crippen MR) is 123 cm³/mol. The van der Waals surface area contributed by atoms with Gasteiger partial charge in [-0.15, -0.1) is 0 Å². The Balaban J connectivity index is 1.73. The number of nitrogens with zero attached hydrogens (tertiary/aromatic N) is 2. The van der Waals surface area contributed by atoms with E-state index in [0.717, 1.165) is 16.8 Å². The number of halogens is 1. The third-order valence-electron chi connectivity index (χ3n) is 5.19. The molecule has 0 bridgehead atoms. The van der Waals surface area contributed by atoms with E-state index in [1.807, 2.05) is 55.5 Å². The van der Waals surface area contributed by atoms with Crippen molar-refractivity contribution in [2.75, 3.05) is 13.2 Å². The van der Waals surface area contributed by atoms with Gasteiger partial charge in [-0.3, -0.25) is 9.78 Å². The highest BCUT2D eigenvalue weighted by Gasteiger charge is 2.42. The Kier molecular flexibility index (Phi) is 6.25. The van der Waals surface area contributed by atoms with E-state index in [1.165, 1.54) is 0 Å². The number of aromatic nitrogens is 1. The molecule has 6 nitrogen and oxygen atoms in total. The van der Waals surface area contributed by atoms with Crippen LogP contribution in [0.3, 0.4) is 0 Å². The maximum atomic E-state index is 12.3. The van der Waals surface area contributed by atoms with Gasteiger partial charge < -0.3 is 19.4 Å². The molecule has 0 amide bonds. The maximum absolute atomic E-state index is 12.3. The number of esters is 1. The molecule has 0 radical (unpaired) electrons. The van der Waals surface area contributed by atoms with Gasteiger partial charge >= 0.3 is 5.97 Å². The van der Waals surface area contributed by atoms with Gasteiger partial charge in [0, 0.05) is 16.8 Å². The van der Waals surface area contributed by atoms with Crippen LogP contribution in [-0.4, -0.2) is 34.1 Å². The molecule has 1 aliphatic heterocycles. The molecule has 2 aromatic heterocycles. The Morgan fingerprint density at radius 2 is 2.13 bits per heavy atom. The molecule has 3 heterocycles. The molecule has 4 rings (SSSR count). The van der Waals surface area contributed by atoms with Crippen molar-refractivity contribution in [2.45, 2.75) is 25.9 Å². The van der Waals surface area contributed by atoms with Crippen molar-refractivity contribution in [3.63, 3.8) is 0 Å². The first-order valence-corrected chi connectivity index (χ1v) is 10.8. The van der Waals surface area contributed by atoms with E-state index in [-0.39, 0.29) is 24.6 Å². The van der Waals surface area contributed by atoms with Crippen LogP contribution < -0.4 is 5.32 Å². The average molecular weight is 456 g/mol. The van der Waals surface area contributed by atoms with Crippen LogP contribution in [0.4, 0.5) is 0 Å². The van der Waals surface area contributed by atoms with Crippen molar-refractivity contribution >= 4 is 34.9 Å². The zero-order valence-corrected chi connectivity index (χ0v) is 18.7. The minimum absolute atomic E-state index is 0.0138. The normalized spacial score (nSPS) is 18.2. The topological polar surface area (TPSA) is 67.6 Å². The summed E-state index contributed by atoms with van der Waals surface area (Å²) in [7, 11) is 0. The minimum Gasteiger partial charge on any atom is -0.465 e. The summed E-state index contributed by atoms with van der Waals surface area (Å²) in [6.07, 6.45) is 1.73. The molecular weight excluding hydrogens is 434 g/mol. The smallest absolute Gasteiger partial charge is 0.325 e. The number of furan rings is 1. The first-order chi connectivity index (χ1) is 15.0. The summed E-state index contributed by atoms with van der Waals surface area (Å²) in [6, 6.07) is 14.6. The lowest BCUT2D eigenvalue weighted by molar-refractivity contribution is -0.143. The summed E-state index contributed by atoms with van der Waals surface area (Å²) in [4.78, 5) is 18.5. The third-order valence-corrected chi connectivity index (χ3v) is 5.77. The van der Waals surface area contributed by atoms with E-state index in [9.17, 15) is 4.79 Å². The van der Waals surface area contributed by atoms with Crippen molar-refractivity contribution < 1.29 is 13.9 Å². The summed E-state index contributed by atoms with van der Waals surface area (Å²) in [6.45, 7) is 4.10. The number of hydrogen-bond acceptors (Lipinski definition) is 5. The Morgan fingerprint density at radius 3 is 2.87 bits per heavy atom. The van der Waals surface area contributed by atoms with Gasteiger partial charge in [0.2, 0.25) is 0 Å². The van der Waals surface area contributed by atoms with Crippen LogP contribution in [0.2, 0.25) is 5.02 Å². The van der Waals surface area contributed by atoms with Crippen LogP contribution in [0.5, 0.6) is 0 Å². The number of carbonyl (C=O) groups is 1. The first-order valence-electron chi connectivity index (χ1n) is 9.98. The molecule has 8 heteroatoms. The molecule has 1 aliphatic rings. The molecule has 1 saturated heterocycles. The summed E-state index contributed by atoms with van der Waals surface area (Å²) in [5.41, 5.74) is 2.77. The van der Waals surface area contributed by atoms with Gasteiger partial charge in [-0.05, 0) is 68.0 Å². The van der Waals surface area contributed by atoms with E-state index in [2.05, 4.69) is 10.3 Å². The average Bonchev–Trinajstić information content (AvgIpc) is 3.36. The van der Waals surface area contributed by atoms with E-state index in [4.69, 9.17) is 33.0 Å². The lowest BCUT2D eigenvalue weighted by atomic mass is 10.0. The summed E-state index contributed by atoms with van der Waals surface area (Å²) >= 11 is 11.8. The van der Waals surface area contributed by atoms with Crippen LogP contribution in [0, 0.1) is 6.92 Å². The number of benzene rings is 1. The van der Waals surface area contributed by atoms with Crippen molar-refractivity contribution in [1.82, 2.24) is 15.2 Å². The van der Waals surface area contributed by atoms with Gasteiger partial charge in [0.15, 0.2) is 5.11 Å². The number of ether oxygens (including phenoxy) is 1. The van der Waals surface area contributed by atoms with Gasteiger partial charge in [-0.1, -0.05) is 23.7 Å². The fourth-order valence-corrected chi connectivity index (χ4v) is 4.22. The maximum Gasteiger partial charge on any atom is 0.325 e. The van der Waals surface area contributed by atoms with Crippen LogP contribution in [-0.2, 0) is 9.53 Å². The second-order valence-corrected chi connectivity index (χ2v) is 8.04. The molecule has 1 fully saturated rings. The van der Waals surface area contributed by atoms with Crippen LogP contribution in [0.25, 0.3) is 11.3 Å². The number of thiocarbonyl (C=S) groups is 1. The molecule has 0 saturated carbocycles. The SMILES string of the molecule is CCOC(=O)CN1C(=S)NC(c2ccccn2)C1c1ccc(-c2cc(Cl)ccc2C)o1. The van der Waals surface area contributed by atoms with E-state index < -0.39 is 0 Å². The second-order valence-electron chi connectivity index (χ2n) is 7.22. The molecule has 3 aromatic rings. The Bertz CT molecular complexity index is 1100. The van der Waals surface area contributed by atoms with Crippen molar-refractivity contribution in [3.8, 4) is 11.3 Å². The highest BCUT2D eigenvalue weighted by atomic mass is 35.5. The molecular formula is C23H22ClN3O3S. The van der Waals surface area contributed by atoms with Gasteiger partial charge in [-0.25, -0.2) is 0 Å². The Hall–Kier alpha value is -2.90. The fourth-order valence-electron chi connectivity index (χ4n) is 3.75. The molecule has 2 unspecified atom stereocenters. The monoisotopic (exact) mass is 455 g/mol. The zero-order chi connectivity index (χ0) is 22.0. The quantitative estimate of drug-likeness (QED) is 0.421. The number of hydrogen-bond donors (Lipinski definition) is 1. The number of rotatable bonds is 6. The molecule has 0 spiro atoms. The predicted octanol–water partition coefficient (Wildman–Crippen LogP) is 4.84. The zero-order valence-electron chi connectivity index (χ0n) is 17.2. The molecule has 1 N–H and O–H groups in total. The van der Waals surface area contributed by atoms with Gasteiger partial charge in [-0.2, -0.15) is 0 Å². The fraction of sp³-hybridized carbons (Fsp3) is 0.261. The van der Waals surface area contributed by atoms with Gasteiger partial charge in [0.1, 0.15) is 24.1 Å². The van der Waals surface area contributed by atoms with E-state index in [0.29, 0.717) is 28.3 Å². The van der Waals surface area contributed by atoms with Crippen molar-refractivity contribution in [1.29, 1.82) is 0 Å². The first kappa shape index (κ1) is 21.3. The molecule has 2 atom stereocenters. The molecule has 1 aromatic carbocycles. The van der Waals surface area contributed by atoms with Gasteiger partial charge in [0.25, 0.3) is 0 Å². The lowest BCUT2D eigenvalue weighted by Gasteiger charge is -2.25. The minimum atomic E-state index is -0.361. The van der Waals surface area contributed by atoms with Crippen LogP contribution in [0.1, 0.15) is 36.0 Å². The lowest BCUT2D eigenvalue weighted by Crippen LogP contribution is -2.35. The Labute approximate surface area is 191 Å². The largest absolute Gasteiger partial charge is 0.465 e. The second kappa shape index (κ2) is 9.08. The Morgan fingerprint density at radius 1 is 1.29 bits per heavy atom. The number of nitrogens with one attached hydrogen (secondary N) is 1. The number of carbonyl (C=O) groups excluding carboxylic acids is 1. The summed E-state index contributed by atoms with van der Waals surface area (Å²) in [5.74, 6) is 1.01. The highest BCUT2D eigenvalue weighted by Crippen LogP contribution is 2.40. The molecule has 0 aliphatic carbocycles. The number of aryl methyl sites for hydroxylation is 1.